The molecule has 0 aromatic heterocycles. The largest absolute Gasteiger partial charge is 0.480 e. The van der Waals surface area contributed by atoms with Gasteiger partial charge in [-0.2, -0.15) is 0 Å². The molecule has 112 valence electrons. The van der Waals surface area contributed by atoms with Crippen molar-refractivity contribution in [2.24, 2.45) is 5.16 Å². The number of hydrogen-bond acceptors (Lipinski definition) is 5. The Kier molecular flexibility index (Phi) is 4.89. The molecule has 0 fully saturated rings. The van der Waals surface area contributed by atoms with Crippen LogP contribution in [0.25, 0.3) is 0 Å². The normalized spacial score (nSPS) is 18.5. The summed E-state index contributed by atoms with van der Waals surface area (Å²) < 4.78 is 0. The summed E-state index contributed by atoms with van der Waals surface area (Å²) >= 11 is 0. The Hall–Kier alpha value is -2.41. The van der Waals surface area contributed by atoms with E-state index in [-0.39, 0.29) is 19.4 Å². The molecule has 1 aromatic carbocycles. The monoisotopic (exact) mass is 292 g/mol. The maximum absolute atomic E-state index is 12.0. The van der Waals surface area contributed by atoms with Gasteiger partial charge in [0.1, 0.15) is 6.04 Å². The molecule has 0 spiro atoms. The number of carboxylic acid groups (broad SMARTS) is 1. The number of amides is 1. The zero-order valence-corrected chi connectivity index (χ0v) is 11.2. The molecule has 0 saturated carbocycles. The average molecular weight is 292 g/mol. The van der Waals surface area contributed by atoms with E-state index < -0.39 is 24.0 Å². The summed E-state index contributed by atoms with van der Waals surface area (Å²) in [5, 5.41) is 23.9. The van der Waals surface area contributed by atoms with Crippen molar-refractivity contribution in [1.29, 1.82) is 0 Å². The van der Waals surface area contributed by atoms with Gasteiger partial charge in [0.15, 0.2) is 0 Å². The number of aliphatic hydroxyl groups excluding tert-OH is 1. The van der Waals surface area contributed by atoms with Gasteiger partial charge < -0.3 is 20.4 Å². The SMILES string of the molecule is O=C(O)C(CCO)NC(=O)C1CC(c2ccccc2)=NO1. The molecule has 0 saturated heterocycles. The molecular formula is C14H16N2O5. The number of carboxylic acids is 1. The summed E-state index contributed by atoms with van der Waals surface area (Å²) in [6.45, 7) is -0.325. The van der Waals surface area contributed by atoms with Crippen molar-refractivity contribution in [1.82, 2.24) is 5.32 Å². The number of aliphatic carboxylic acids is 1. The molecule has 1 aromatic rings. The molecule has 1 aliphatic rings. The van der Waals surface area contributed by atoms with Gasteiger partial charge >= 0.3 is 5.97 Å². The van der Waals surface area contributed by atoms with E-state index in [4.69, 9.17) is 15.1 Å². The first kappa shape index (κ1) is 15.0. The van der Waals surface area contributed by atoms with Crippen LogP contribution in [0.2, 0.25) is 0 Å². The third-order valence-corrected chi connectivity index (χ3v) is 3.10. The topological polar surface area (TPSA) is 108 Å². The van der Waals surface area contributed by atoms with E-state index in [0.29, 0.717) is 5.71 Å². The molecule has 0 aliphatic carbocycles. The first-order valence-corrected chi connectivity index (χ1v) is 6.54. The van der Waals surface area contributed by atoms with Crippen LogP contribution >= 0.6 is 0 Å². The van der Waals surface area contributed by atoms with Crippen molar-refractivity contribution in [3.8, 4) is 0 Å². The summed E-state index contributed by atoms with van der Waals surface area (Å²) in [4.78, 5) is 27.9. The summed E-state index contributed by atoms with van der Waals surface area (Å²) in [5.41, 5.74) is 1.50. The number of benzene rings is 1. The van der Waals surface area contributed by atoms with Gasteiger partial charge in [-0.05, 0) is 5.56 Å². The molecule has 2 unspecified atom stereocenters. The van der Waals surface area contributed by atoms with Gasteiger partial charge in [-0.15, -0.1) is 0 Å². The van der Waals surface area contributed by atoms with Crippen molar-refractivity contribution in [2.45, 2.75) is 25.0 Å². The van der Waals surface area contributed by atoms with Crippen LogP contribution in [0.15, 0.2) is 35.5 Å². The third-order valence-electron chi connectivity index (χ3n) is 3.10. The minimum absolute atomic E-state index is 0.0554. The first-order chi connectivity index (χ1) is 10.1. The molecule has 2 rings (SSSR count). The second kappa shape index (κ2) is 6.85. The van der Waals surface area contributed by atoms with Crippen LogP contribution in [0.1, 0.15) is 18.4 Å². The zero-order chi connectivity index (χ0) is 15.2. The number of aliphatic hydroxyl groups is 1. The fourth-order valence-corrected chi connectivity index (χ4v) is 1.97. The van der Waals surface area contributed by atoms with E-state index in [1.54, 1.807) is 0 Å². The van der Waals surface area contributed by atoms with E-state index in [9.17, 15) is 9.59 Å². The standard InChI is InChI=1S/C14H16N2O5/c17-7-6-10(14(19)20)15-13(18)12-8-11(16-21-12)9-4-2-1-3-5-9/h1-5,10,12,17H,6-8H2,(H,15,18)(H,19,20). The number of rotatable bonds is 6. The van der Waals surface area contributed by atoms with Gasteiger partial charge in [0.05, 0.1) is 5.71 Å². The number of nitrogens with zero attached hydrogens (tertiary/aromatic N) is 1. The van der Waals surface area contributed by atoms with Gasteiger partial charge in [0.2, 0.25) is 6.10 Å². The van der Waals surface area contributed by atoms with Crippen molar-refractivity contribution in [3.63, 3.8) is 0 Å². The highest BCUT2D eigenvalue weighted by molar-refractivity contribution is 6.04. The predicted molar refractivity (Wildman–Crippen MR) is 73.7 cm³/mol. The lowest BCUT2D eigenvalue weighted by molar-refractivity contribution is -0.144. The molecule has 0 bridgehead atoms. The highest BCUT2D eigenvalue weighted by Crippen LogP contribution is 2.16. The zero-order valence-electron chi connectivity index (χ0n) is 11.2. The Labute approximate surface area is 121 Å². The molecule has 1 aliphatic heterocycles. The minimum atomic E-state index is -1.19. The Bertz CT molecular complexity index is 544. The van der Waals surface area contributed by atoms with Crippen LogP contribution < -0.4 is 5.32 Å². The highest BCUT2D eigenvalue weighted by atomic mass is 16.6. The van der Waals surface area contributed by atoms with Crippen LogP contribution in [-0.2, 0) is 14.4 Å². The van der Waals surface area contributed by atoms with Crippen molar-refractivity contribution in [2.75, 3.05) is 6.61 Å². The van der Waals surface area contributed by atoms with Gasteiger partial charge in [0, 0.05) is 19.4 Å². The first-order valence-electron chi connectivity index (χ1n) is 6.54. The Morgan fingerprint density at radius 2 is 2.10 bits per heavy atom. The van der Waals surface area contributed by atoms with E-state index in [2.05, 4.69) is 10.5 Å². The smallest absolute Gasteiger partial charge is 0.326 e. The molecule has 3 N–H and O–H groups in total. The van der Waals surface area contributed by atoms with Crippen molar-refractivity contribution >= 4 is 17.6 Å². The van der Waals surface area contributed by atoms with Crippen molar-refractivity contribution in [3.05, 3.63) is 35.9 Å². The Balaban J connectivity index is 1.93. The molecule has 0 radical (unpaired) electrons. The van der Waals surface area contributed by atoms with Crippen LogP contribution in [0.5, 0.6) is 0 Å². The van der Waals surface area contributed by atoms with Crippen LogP contribution in [0.3, 0.4) is 0 Å². The van der Waals surface area contributed by atoms with Crippen molar-refractivity contribution < 1.29 is 24.6 Å². The van der Waals surface area contributed by atoms with Crippen LogP contribution in [0.4, 0.5) is 0 Å². The lowest BCUT2D eigenvalue weighted by atomic mass is 10.0. The predicted octanol–water partition coefficient (Wildman–Crippen LogP) is 0.131. The highest BCUT2D eigenvalue weighted by Gasteiger charge is 2.31. The van der Waals surface area contributed by atoms with Gasteiger partial charge in [-0.1, -0.05) is 35.5 Å². The van der Waals surface area contributed by atoms with Gasteiger partial charge in [-0.3, -0.25) is 4.79 Å². The average Bonchev–Trinajstić information content (AvgIpc) is 2.97. The van der Waals surface area contributed by atoms with Crippen LogP contribution in [-0.4, -0.2) is 46.6 Å². The van der Waals surface area contributed by atoms with E-state index in [0.717, 1.165) is 5.56 Å². The number of nitrogens with one attached hydrogen (secondary N) is 1. The summed E-state index contributed by atoms with van der Waals surface area (Å²) in [5.74, 6) is -1.75. The quantitative estimate of drug-likeness (QED) is 0.690. The lowest BCUT2D eigenvalue weighted by Gasteiger charge is -2.15. The molecule has 2 atom stereocenters. The molecule has 21 heavy (non-hydrogen) atoms. The maximum Gasteiger partial charge on any atom is 0.326 e. The maximum atomic E-state index is 12.0. The molecule has 7 nitrogen and oxygen atoms in total. The number of oxime groups is 1. The lowest BCUT2D eigenvalue weighted by Crippen LogP contribution is -2.46. The summed E-state index contributed by atoms with van der Waals surface area (Å²) in [6.07, 6.45) is -0.623. The Morgan fingerprint density at radius 1 is 1.38 bits per heavy atom. The summed E-state index contributed by atoms with van der Waals surface area (Å²) in [7, 11) is 0. The van der Waals surface area contributed by atoms with Gasteiger partial charge in [0.25, 0.3) is 5.91 Å². The third kappa shape index (κ3) is 3.79. The number of carbonyl (C=O) groups excluding carboxylic acids is 1. The summed E-state index contributed by atoms with van der Waals surface area (Å²) in [6, 6.07) is 8.16. The molecule has 7 heteroatoms. The fraction of sp³-hybridized carbons (Fsp3) is 0.357. The fourth-order valence-electron chi connectivity index (χ4n) is 1.97. The second-order valence-electron chi connectivity index (χ2n) is 4.61. The number of carbonyl (C=O) groups is 2. The molecule has 1 heterocycles. The van der Waals surface area contributed by atoms with E-state index in [1.165, 1.54) is 0 Å². The van der Waals surface area contributed by atoms with E-state index in [1.807, 2.05) is 30.3 Å². The molecule has 1 amide bonds. The van der Waals surface area contributed by atoms with Gasteiger partial charge in [-0.25, -0.2) is 4.79 Å². The Morgan fingerprint density at radius 3 is 2.71 bits per heavy atom. The van der Waals surface area contributed by atoms with E-state index >= 15 is 0 Å². The molecular weight excluding hydrogens is 276 g/mol. The second-order valence-corrected chi connectivity index (χ2v) is 4.61. The minimum Gasteiger partial charge on any atom is -0.480 e. The number of hydrogen-bond donors (Lipinski definition) is 3. The van der Waals surface area contributed by atoms with Crippen LogP contribution in [0, 0.1) is 0 Å².